The minimum absolute atomic E-state index is 0.545. The molecule has 2 aromatic rings. The minimum Gasteiger partial charge on any atom is -0.381 e. The molecule has 0 saturated carbocycles. The number of aromatic nitrogens is 3. The zero-order valence-corrected chi connectivity index (χ0v) is 11.3. The molecule has 1 aromatic carbocycles. The number of benzene rings is 1. The molecule has 90 valence electrons. The molecule has 0 atom stereocenters. The second-order valence-corrected chi connectivity index (χ2v) is 4.87. The monoisotopic (exact) mass is 294 g/mol. The van der Waals surface area contributed by atoms with Gasteiger partial charge in [-0.25, -0.2) is 4.68 Å². The summed E-state index contributed by atoms with van der Waals surface area (Å²) in [5.74, 6) is 0.545. The van der Waals surface area contributed by atoms with Gasteiger partial charge < -0.3 is 5.73 Å². The average molecular weight is 295 g/mol. The first-order valence-corrected chi connectivity index (χ1v) is 6.42. The van der Waals surface area contributed by atoms with Crippen molar-refractivity contribution in [1.82, 2.24) is 15.0 Å². The fraction of sp³-hybridized carbons (Fsp3) is 0.333. The van der Waals surface area contributed by atoms with Crippen molar-refractivity contribution in [3.63, 3.8) is 0 Å². The molecule has 1 heterocycles. The zero-order valence-electron chi connectivity index (χ0n) is 9.73. The maximum absolute atomic E-state index is 5.80. The summed E-state index contributed by atoms with van der Waals surface area (Å²) in [7, 11) is 0. The standard InChI is InChI=1S/C12H15BrN4/c1-2-3-11-12(14)15-16-17(11)8-9-4-6-10(13)7-5-9/h4-7H,2-3,8,14H2,1H3. The summed E-state index contributed by atoms with van der Waals surface area (Å²) in [6, 6.07) is 8.18. The first-order chi connectivity index (χ1) is 8.20. The Bertz CT molecular complexity index is 490. The average Bonchev–Trinajstić information content (AvgIpc) is 2.65. The van der Waals surface area contributed by atoms with Crippen molar-refractivity contribution in [1.29, 1.82) is 0 Å². The molecule has 2 N–H and O–H groups in total. The Morgan fingerprint density at radius 2 is 2.00 bits per heavy atom. The van der Waals surface area contributed by atoms with Crippen LogP contribution in [0.5, 0.6) is 0 Å². The van der Waals surface area contributed by atoms with Gasteiger partial charge in [-0.2, -0.15) is 0 Å². The van der Waals surface area contributed by atoms with Crippen molar-refractivity contribution in [3.05, 3.63) is 40.0 Å². The maximum atomic E-state index is 5.80. The minimum atomic E-state index is 0.545. The van der Waals surface area contributed by atoms with E-state index < -0.39 is 0 Å². The van der Waals surface area contributed by atoms with Crippen molar-refractivity contribution >= 4 is 21.7 Å². The highest BCUT2D eigenvalue weighted by molar-refractivity contribution is 9.10. The molecular formula is C12H15BrN4. The third-order valence-electron chi connectivity index (χ3n) is 2.60. The van der Waals surface area contributed by atoms with Crippen LogP contribution in [0.1, 0.15) is 24.6 Å². The molecular weight excluding hydrogens is 280 g/mol. The number of hydrogen-bond donors (Lipinski definition) is 1. The van der Waals surface area contributed by atoms with E-state index in [4.69, 9.17) is 5.73 Å². The largest absolute Gasteiger partial charge is 0.381 e. The van der Waals surface area contributed by atoms with Gasteiger partial charge in [-0.1, -0.05) is 46.6 Å². The smallest absolute Gasteiger partial charge is 0.169 e. The quantitative estimate of drug-likeness (QED) is 0.943. The predicted octanol–water partition coefficient (Wildman–Crippen LogP) is 2.62. The molecule has 2 rings (SSSR count). The number of hydrogen-bond acceptors (Lipinski definition) is 3. The molecule has 0 aliphatic heterocycles. The van der Waals surface area contributed by atoms with Gasteiger partial charge in [0.1, 0.15) is 0 Å². The lowest BCUT2D eigenvalue weighted by molar-refractivity contribution is 0.613. The Morgan fingerprint density at radius 3 is 2.65 bits per heavy atom. The highest BCUT2D eigenvalue weighted by Crippen LogP contribution is 2.14. The Hall–Kier alpha value is -1.36. The van der Waals surface area contributed by atoms with E-state index in [0.29, 0.717) is 12.4 Å². The summed E-state index contributed by atoms with van der Waals surface area (Å²) >= 11 is 3.42. The SMILES string of the molecule is CCCc1c(N)nnn1Cc1ccc(Br)cc1. The van der Waals surface area contributed by atoms with E-state index in [9.17, 15) is 0 Å². The molecule has 0 bridgehead atoms. The third kappa shape index (κ3) is 2.85. The van der Waals surface area contributed by atoms with Gasteiger partial charge in [-0.05, 0) is 24.1 Å². The molecule has 4 nitrogen and oxygen atoms in total. The lowest BCUT2D eigenvalue weighted by Crippen LogP contribution is -2.07. The van der Waals surface area contributed by atoms with E-state index >= 15 is 0 Å². The first-order valence-electron chi connectivity index (χ1n) is 5.63. The molecule has 0 saturated heterocycles. The molecule has 0 aliphatic rings. The molecule has 17 heavy (non-hydrogen) atoms. The summed E-state index contributed by atoms with van der Waals surface area (Å²) in [4.78, 5) is 0. The second kappa shape index (κ2) is 5.31. The van der Waals surface area contributed by atoms with Crippen LogP contribution in [0.3, 0.4) is 0 Å². The Kier molecular flexibility index (Phi) is 3.78. The van der Waals surface area contributed by atoms with Crippen molar-refractivity contribution < 1.29 is 0 Å². The van der Waals surface area contributed by atoms with Crippen molar-refractivity contribution in [2.45, 2.75) is 26.3 Å². The Morgan fingerprint density at radius 1 is 1.29 bits per heavy atom. The fourth-order valence-electron chi connectivity index (χ4n) is 1.73. The number of nitrogens with two attached hydrogens (primary N) is 1. The van der Waals surface area contributed by atoms with E-state index in [0.717, 1.165) is 23.0 Å². The van der Waals surface area contributed by atoms with E-state index in [1.54, 1.807) is 0 Å². The van der Waals surface area contributed by atoms with Gasteiger partial charge in [0.2, 0.25) is 0 Å². The summed E-state index contributed by atoms with van der Waals surface area (Å²) < 4.78 is 2.95. The van der Waals surface area contributed by atoms with Gasteiger partial charge in [-0.15, -0.1) is 5.10 Å². The Labute approximate surface area is 109 Å². The normalized spacial score (nSPS) is 10.7. The van der Waals surface area contributed by atoms with Gasteiger partial charge in [0, 0.05) is 4.47 Å². The number of nitrogen functional groups attached to an aromatic ring is 1. The van der Waals surface area contributed by atoms with Gasteiger partial charge >= 0.3 is 0 Å². The van der Waals surface area contributed by atoms with Crippen LogP contribution in [0.4, 0.5) is 5.82 Å². The number of anilines is 1. The van der Waals surface area contributed by atoms with Crippen LogP contribution in [-0.2, 0) is 13.0 Å². The molecule has 0 spiro atoms. The van der Waals surface area contributed by atoms with Crippen molar-refractivity contribution in [3.8, 4) is 0 Å². The lowest BCUT2D eigenvalue weighted by Gasteiger charge is -2.06. The predicted molar refractivity (Wildman–Crippen MR) is 71.7 cm³/mol. The molecule has 0 aliphatic carbocycles. The van der Waals surface area contributed by atoms with Crippen LogP contribution in [0.25, 0.3) is 0 Å². The lowest BCUT2D eigenvalue weighted by atomic mass is 10.2. The summed E-state index contributed by atoms with van der Waals surface area (Å²) in [6.45, 7) is 2.84. The van der Waals surface area contributed by atoms with Crippen molar-refractivity contribution in [2.24, 2.45) is 0 Å². The molecule has 0 amide bonds. The van der Waals surface area contributed by atoms with E-state index in [-0.39, 0.29) is 0 Å². The third-order valence-corrected chi connectivity index (χ3v) is 3.13. The highest BCUT2D eigenvalue weighted by atomic mass is 79.9. The first kappa shape index (κ1) is 12.1. The van der Waals surface area contributed by atoms with Crippen LogP contribution < -0.4 is 5.73 Å². The van der Waals surface area contributed by atoms with Crippen LogP contribution in [-0.4, -0.2) is 15.0 Å². The summed E-state index contributed by atoms with van der Waals surface area (Å²) in [5.41, 5.74) is 8.02. The van der Waals surface area contributed by atoms with Gasteiger partial charge in [0.05, 0.1) is 12.2 Å². The number of halogens is 1. The summed E-state index contributed by atoms with van der Waals surface area (Å²) in [6.07, 6.45) is 1.95. The Balaban J connectivity index is 2.20. The molecule has 5 heteroatoms. The molecule has 0 unspecified atom stereocenters. The van der Waals surface area contributed by atoms with E-state index in [1.165, 1.54) is 5.56 Å². The second-order valence-electron chi connectivity index (χ2n) is 3.96. The number of rotatable bonds is 4. The maximum Gasteiger partial charge on any atom is 0.169 e. The van der Waals surface area contributed by atoms with Crippen LogP contribution in [0, 0.1) is 0 Å². The molecule has 0 fully saturated rings. The van der Waals surface area contributed by atoms with Crippen LogP contribution >= 0.6 is 15.9 Å². The van der Waals surface area contributed by atoms with E-state index in [1.807, 2.05) is 16.8 Å². The number of nitrogens with zero attached hydrogens (tertiary/aromatic N) is 3. The zero-order chi connectivity index (χ0) is 12.3. The van der Waals surface area contributed by atoms with Gasteiger partial charge in [0.25, 0.3) is 0 Å². The summed E-state index contributed by atoms with van der Waals surface area (Å²) in [5, 5.41) is 8.01. The van der Waals surface area contributed by atoms with Crippen LogP contribution in [0.15, 0.2) is 28.7 Å². The van der Waals surface area contributed by atoms with Gasteiger partial charge in [0.15, 0.2) is 5.82 Å². The molecule has 1 aromatic heterocycles. The van der Waals surface area contributed by atoms with Crippen LogP contribution in [0.2, 0.25) is 0 Å². The topological polar surface area (TPSA) is 56.7 Å². The molecule has 0 radical (unpaired) electrons. The van der Waals surface area contributed by atoms with E-state index in [2.05, 4.69) is 45.3 Å². The van der Waals surface area contributed by atoms with Gasteiger partial charge in [-0.3, -0.25) is 0 Å². The fourth-order valence-corrected chi connectivity index (χ4v) is 1.99. The highest BCUT2D eigenvalue weighted by Gasteiger charge is 2.09. The van der Waals surface area contributed by atoms with Crippen molar-refractivity contribution in [2.75, 3.05) is 5.73 Å².